The van der Waals surface area contributed by atoms with E-state index in [0.717, 1.165) is 51.6 Å². The number of halogens is 1. The van der Waals surface area contributed by atoms with Gasteiger partial charge in [-0.2, -0.15) is 0 Å². The summed E-state index contributed by atoms with van der Waals surface area (Å²) in [5, 5.41) is 7.04. The van der Waals surface area contributed by atoms with Gasteiger partial charge in [-0.05, 0) is 59.5 Å². The molecule has 9 heteroatoms. The molecule has 2 aliphatic rings. The molecule has 2 N–H and O–H groups in total. The van der Waals surface area contributed by atoms with Crippen molar-refractivity contribution in [2.75, 3.05) is 66.0 Å². The van der Waals surface area contributed by atoms with Gasteiger partial charge in [-0.15, -0.1) is 24.0 Å². The summed E-state index contributed by atoms with van der Waals surface area (Å²) >= 11 is 0. The Morgan fingerprint density at radius 3 is 2.19 bits per heavy atom. The number of ether oxygens (including phenoxy) is 1. The van der Waals surface area contributed by atoms with E-state index in [0.29, 0.717) is 6.04 Å². The molecule has 0 atom stereocenters. The fourth-order valence-electron chi connectivity index (χ4n) is 4.00. The molecule has 0 aromatic heterocycles. The predicted octanol–water partition coefficient (Wildman–Crippen LogP) is 2.59. The molecule has 182 valence electrons. The number of guanidine groups is 1. The topological polar surface area (TPSA) is 72.4 Å². The number of rotatable bonds is 7. The Morgan fingerprint density at radius 2 is 1.65 bits per heavy atom. The first-order valence-electron chi connectivity index (χ1n) is 11.7. The molecule has 0 aliphatic carbocycles. The summed E-state index contributed by atoms with van der Waals surface area (Å²) in [6.45, 7) is 16.8. The molecule has 0 saturated carbocycles. The summed E-state index contributed by atoms with van der Waals surface area (Å²) in [5.74, 6) is 0.915. The van der Waals surface area contributed by atoms with E-state index in [-0.39, 0.29) is 30.1 Å². The highest BCUT2D eigenvalue weighted by molar-refractivity contribution is 14.0. The van der Waals surface area contributed by atoms with Crippen LogP contribution in [0.5, 0.6) is 0 Å². The fourth-order valence-corrected chi connectivity index (χ4v) is 4.00. The van der Waals surface area contributed by atoms with E-state index in [1.54, 1.807) is 0 Å². The number of hydrogen-bond donors (Lipinski definition) is 2. The third-order valence-corrected chi connectivity index (χ3v) is 5.66. The molecular formula is C22H45IN6O2. The van der Waals surface area contributed by atoms with Crippen molar-refractivity contribution in [3.8, 4) is 0 Å². The van der Waals surface area contributed by atoms with E-state index in [1.165, 1.54) is 38.9 Å². The molecule has 31 heavy (non-hydrogen) atoms. The maximum Gasteiger partial charge on any atom is 0.410 e. The molecule has 2 aliphatic heterocycles. The van der Waals surface area contributed by atoms with Crippen LogP contribution >= 0.6 is 24.0 Å². The monoisotopic (exact) mass is 552 g/mol. The zero-order valence-electron chi connectivity index (χ0n) is 20.3. The second kappa shape index (κ2) is 14.4. The molecule has 0 aromatic carbocycles. The minimum absolute atomic E-state index is 0. The number of aliphatic imine (C=N–C) groups is 1. The quantitative estimate of drug-likeness (QED) is 0.219. The molecule has 0 unspecified atom stereocenters. The molecule has 8 nitrogen and oxygen atoms in total. The van der Waals surface area contributed by atoms with E-state index in [1.807, 2.05) is 32.7 Å². The van der Waals surface area contributed by atoms with Gasteiger partial charge in [0.2, 0.25) is 0 Å². The molecule has 0 aromatic rings. The summed E-state index contributed by atoms with van der Waals surface area (Å²) in [7, 11) is 1.84. The van der Waals surface area contributed by atoms with Crippen LogP contribution in [0.25, 0.3) is 0 Å². The Hall–Kier alpha value is -0.810. The molecule has 2 heterocycles. The summed E-state index contributed by atoms with van der Waals surface area (Å²) in [6, 6.07) is 0.519. The van der Waals surface area contributed by atoms with Crippen molar-refractivity contribution >= 4 is 36.0 Å². The Bertz CT molecular complexity index is 539. The molecule has 1 amide bonds. The van der Waals surface area contributed by atoms with Gasteiger partial charge < -0.3 is 25.2 Å². The summed E-state index contributed by atoms with van der Waals surface area (Å²) in [4.78, 5) is 23.3. The summed E-state index contributed by atoms with van der Waals surface area (Å²) < 4.78 is 5.47. The highest BCUT2D eigenvalue weighted by Gasteiger charge is 2.25. The van der Waals surface area contributed by atoms with E-state index in [9.17, 15) is 4.79 Å². The zero-order chi connectivity index (χ0) is 22.0. The normalized spacial score (nSPS) is 19.6. The highest BCUT2D eigenvalue weighted by atomic mass is 127. The molecule has 0 radical (unpaired) electrons. The van der Waals surface area contributed by atoms with Crippen LogP contribution in [-0.4, -0.2) is 104 Å². The first-order chi connectivity index (χ1) is 14.3. The van der Waals surface area contributed by atoms with E-state index in [4.69, 9.17) is 4.74 Å². The van der Waals surface area contributed by atoms with Gasteiger partial charge in [0.1, 0.15) is 5.60 Å². The smallest absolute Gasteiger partial charge is 0.410 e. The highest BCUT2D eigenvalue weighted by Crippen LogP contribution is 2.12. The third kappa shape index (κ3) is 11.1. The van der Waals surface area contributed by atoms with E-state index >= 15 is 0 Å². The minimum Gasteiger partial charge on any atom is -0.444 e. The van der Waals surface area contributed by atoms with Crippen molar-refractivity contribution in [3.05, 3.63) is 0 Å². The number of piperazine rings is 1. The molecule has 2 saturated heterocycles. The number of nitrogens with zero attached hydrogens (tertiary/aromatic N) is 4. The van der Waals surface area contributed by atoms with Gasteiger partial charge >= 0.3 is 6.09 Å². The summed E-state index contributed by atoms with van der Waals surface area (Å²) in [5.41, 5.74) is -0.432. The van der Waals surface area contributed by atoms with Crippen molar-refractivity contribution < 1.29 is 9.53 Å². The first-order valence-corrected chi connectivity index (χ1v) is 11.7. The average molecular weight is 553 g/mol. The molecule has 0 spiro atoms. The van der Waals surface area contributed by atoms with Crippen LogP contribution in [-0.2, 0) is 4.74 Å². The molecule has 0 bridgehead atoms. The van der Waals surface area contributed by atoms with Gasteiger partial charge in [0.05, 0.1) is 0 Å². The molecular weight excluding hydrogens is 507 g/mol. The van der Waals surface area contributed by atoms with Crippen molar-refractivity contribution in [2.24, 2.45) is 4.99 Å². The maximum atomic E-state index is 12.2. The number of piperidine rings is 1. The van der Waals surface area contributed by atoms with Gasteiger partial charge in [0, 0.05) is 58.9 Å². The van der Waals surface area contributed by atoms with Crippen LogP contribution in [0.3, 0.4) is 0 Å². The van der Waals surface area contributed by atoms with Gasteiger partial charge in [-0.3, -0.25) is 9.89 Å². The number of carbonyl (C=O) groups is 1. The van der Waals surface area contributed by atoms with Gasteiger partial charge in [-0.25, -0.2) is 4.79 Å². The zero-order valence-corrected chi connectivity index (χ0v) is 22.6. The van der Waals surface area contributed by atoms with Crippen LogP contribution in [0, 0.1) is 0 Å². The van der Waals surface area contributed by atoms with Crippen LogP contribution in [0.4, 0.5) is 4.79 Å². The van der Waals surface area contributed by atoms with Crippen LogP contribution < -0.4 is 10.6 Å². The Morgan fingerprint density at radius 1 is 1.03 bits per heavy atom. The van der Waals surface area contributed by atoms with E-state index < -0.39 is 5.60 Å². The lowest BCUT2D eigenvalue weighted by Gasteiger charge is -2.35. The van der Waals surface area contributed by atoms with Crippen LogP contribution in [0.2, 0.25) is 0 Å². The molecule has 2 fully saturated rings. The lowest BCUT2D eigenvalue weighted by atomic mass is 10.1. The Kier molecular flexibility index (Phi) is 13.1. The third-order valence-electron chi connectivity index (χ3n) is 5.66. The van der Waals surface area contributed by atoms with Crippen molar-refractivity contribution in [3.63, 3.8) is 0 Å². The second-order valence-electron chi connectivity index (χ2n) is 9.42. The Labute approximate surface area is 206 Å². The number of nitrogens with one attached hydrogen (secondary N) is 2. The van der Waals surface area contributed by atoms with Gasteiger partial charge in [0.15, 0.2) is 5.96 Å². The van der Waals surface area contributed by atoms with E-state index in [2.05, 4.69) is 32.3 Å². The van der Waals surface area contributed by atoms with Crippen LogP contribution in [0.15, 0.2) is 4.99 Å². The lowest BCUT2D eigenvalue weighted by molar-refractivity contribution is 0.0145. The number of hydrogen-bond acceptors (Lipinski definition) is 5. The predicted molar refractivity (Wildman–Crippen MR) is 139 cm³/mol. The maximum absolute atomic E-state index is 12.2. The largest absolute Gasteiger partial charge is 0.444 e. The number of carbonyl (C=O) groups excluding carboxylic acids is 1. The average Bonchev–Trinajstić information content (AvgIpc) is 2.71. The summed E-state index contributed by atoms with van der Waals surface area (Å²) in [6.07, 6.45) is 4.46. The molecule has 2 rings (SSSR count). The fraction of sp³-hybridized carbons (Fsp3) is 0.909. The minimum atomic E-state index is -0.432. The van der Waals surface area contributed by atoms with Crippen LogP contribution in [0.1, 0.15) is 53.4 Å². The number of amides is 1. The van der Waals surface area contributed by atoms with Gasteiger partial charge in [-0.1, -0.05) is 6.92 Å². The lowest BCUT2D eigenvalue weighted by Crippen LogP contribution is -2.51. The standard InChI is InChI=1S/C22H44N6O2.HI/c1-6-11-26-13-8-19(9-14-26)25-20(23-5)24-10-7-12-27-15-17-28(18-16-27)21(29)30-22(2,3)4;/h19H,6-18H2,1-5H3,(H2,23,24,25);1H. The van der Waals surface area contributed by atoms with Crippen molar-refractivity contribution in [2.45, 2.75) is 65.0 Å². The van der Waals surface area contributed by atoms with Crippen molar-refractivity contribution in [1.82, 2.24) is 25.3 Å². The number of likely N-dealkylation sites (tertiary alicyclic amines) is 1. The second-order valence-corrected chi connectivity index (χ2v) is 9.42. The van der Waals surface area contributed by atoms with Crippen molar-refractivity contribution in [1.29, 1.82) is 0 Å². The van der Waals surface area contributed by atoms with Gasteiger partial charge in [0.25, 0.3) is 0 Å². The first kappa shape index (κ1) is 28.2. The Balaban J connectivity index is 0.00000480. The SMILES string of the molecule is CCCN1CCC(NC(=NC)NCCCN2CCN(C(=O)OC(C)(C)C)CC2)CC1.I.